The van der Waals surface area contributed by atoms with Crippen molar-refractivity contribution < 1.29 is 4.79 Å². The lowest BCUT2D eigenvalue weighted by Gasteiger charge is -2.21. The van der Waals surface area contributed by atoms with E-state index in [0.29, 0.717) is 12.2 Å². The minimum atomic E-state index is -0.0757. The number of H-pyrrole nitrogens is 1. The first kappa shape index (κ1) is 15.4. The SMILES string of the molecule is CC1(C)CNC(=O)c2nc(C3CNNC3c3ccccc3)[nH]c2C1. The van der Waals surface area contributed by atoms with E-state index in [4.69, 9.17) is 0 Å². The van der Waals surface area contributed by atoms with Gasteiger partial charge in [0.15, 0.2) is 0 Å². The molecule has 1 fully saturated rings. The number of carbonyl (C=O) groups excluding carboxylic acids is 1. The smallest absolute Gasteiger partial charge is 0.271 e. The highest BCUT2D eigenvalue weighted by Gasteiger charge is 2.35. The molecule has 4 N–H and O–H groups in total. The van der Waals surface area contributed by atoms with Gasteiger partial charge in [-0.05, 0) is 17.4 Å². The molecular formula is C18H23N5O. The standard InChI is InChI=1S/C18H23N5O/c1-18(2)8-13-15(17(24)19-10-18)22-16(21-13)12-9-20-23-14(12)11-6-4-3-5-7-11/h3-7,12,14,20,23H,8-10H2,1-2H3,(H,19,24)(H,21,22). The number of fused-ring (bicyclic) bond motifs is 1. The summed E-state index contributed by atoms with van der Waals surface area (Å²) in [6.07, 6.45) is 0.817. The summed E-state index contributed by atoms with van der Waals surface area (Å²) in [6, 6.07) is 10.5. The molecule has 0 saturated carbocycles. The number of amides is 1. The Kier molecular flexibility index (Phi) is 3.66. The van der Waals surface area contributed by atoms with E-state index < -0.39 is 0 Å². The van der Waals surface area contributed by atoms with Crippen LogP contribution in [0.5, 0.6) is 0 Å². The number of nitrogens with zero attached hydrogens (tertiary/aromatic N) is 1. The van der Waals surface area contributed by atoms with Crippen molar-refractivity contribution >= 4 is 5.91 Å². The molecule has 0 aliphatic carbocycles. The fourth-order valence-electron chi connectivity index (χ4n) is 3.59. The quantitative estimate of drug-likeness (QED) is 0.677. The maximum absolute atomic E-state index is 12.3. The van der Waals surface area contributed by atoms with Crippen LogP contribution in [-0.2, 0) is 6.42 Å². The third-order valence-electron chi connectivity index (χ3n) is 4.89. The van der Waals surface area contributed by atoms with E-state index >= 15 is 0 Å². The van der Waals surface area contributed by atoms with Gasteiger partial charge in [0.25, 0.3) is 5.91 Å². The summed E-state index contributed by atoms with van der Waals surface area (Å²) >= 11 is 0. The molecule has 2 atom stereocenters. The number of hydrazine groups is 1. The molecule has 0 bridgehead atoms. The minimum Gasteiger partial charge on any atom is -0.350 e. The molecule has 2 unspecified atom stereocenters. The van der Waals surface area contributed by atoms with Crippen LogP contribution in [0.25, 0.3) is 0 Å². The maximum Gasteiger partial charge on any atom is 0.271 e. The Labute approximate surface area is 141 Å². The van der Waals surface area contributed by atoms with Gasteiger partial charge in [0.2, 0.25) is 0 Å². The van der Waals surface area contributed by atoms with Gasteiger partial charge in [-0.2, -0.15) is 0 Å². The van der Waals surface area contributed by atoms with Crippen LogP contribution in [0.15, 0.2) is 30.3 Å². The van der Waals surface area contributed by atoms with Gasteiger partial charge < -0.3 is 10.3 Å². The maximum atomic E-state index is 12.3. The van der Waals surface area contributed by atoms with Gasteiger partial charge in [0.1, 0.15) is 11.5 Å². The van der Waals surface area contributed by atoms with Gasteiger partial charge >= 0.3 is 0 Å². The molecule has 2 aliphatic heterocycles. The first-order valence-corrected chi connectivity index (χ1v) is 8.44. The van der Waals surface area contributed by atoms with Gasteiger partial charge in [0, 0.05) is 18.8 Å². The summed E-state index contributed by atoms with van der Waals surface area (Å²) in [6.45, 7) is 5.77. The summed E-state index contributed by atoms with van der Waals surface area (Å²) in [5.41, 5.74) is 9.29. The van der Waals surface area contributed by atoms with Gasteiger partial charge in [-0.1, -0.05) is 44.2 Å². The van der Waals surface area contributed by atoms with Crippen molar-refractivity contribution in [1.82, 2.24) is 26.1 Å². The monoisotopic (exact) mass is 325 g/mol. The summed E-state index contributed by atoms with van der Waals surface area (Å²) < 4.78 is 0. The predicted octanol–water partition coefficient (Wildman–Crippen LogP) is 1.65. The lowest BCUT2D eigenvalue weighted by atomic mass is 9.88. The van der Waals surface area contributed by atoms with Crippen molar-refractivity contribution in [2.75, 3.05) is 13.1 Å². The second-order valence-electron chi connectivity index (χ2n) is 7.49. The van der Waals surface area contributed by atoms with Gasteiger partial charge in [-0.15, -0.1) is 0 Å². The van der Waals surface area contributed by atoms with E-state index in [0.717, 1.165) is 24.5 Å². The summed E-state index contributed by atoms with van der Waals surface area (Å²) in [5, 5.41) is 2.99. The molecule has 3 heterocycles. The highest BCUT2D eigenvalue weighted by molar-refractivity contribution is 5.94. The number of aromatic amines is 1. The predicted molar refractivity (Wildman–Crippen MR) is 91.5 cm³/mol. The zero-order chi connectivity index (χ0) is 16.7. The van der Waals surface area contributed by atoms with Crippen molar-refractivity contribution in [3.05, 3.63) is 53.1 Å². The molecule has 1 amide bonds. The molecule has 1 aromatic carbocycles. The minimum absolute atomic E-state index is 0.0235. The van der Waals surface area contributed by atoms with Crippen LogP contribution in [-0.4, -0.2) is 29.0 Å². The van der Waals surface area contributed by atoms with Crippen LogP contribution in [0.4, 0.5) is 0 Å². The Bertz CT molecular complexity index is 752. The molecule has 24 heavy (non-hydrogen) atoms. The highest BCUT2D eigenvalue weighted by Crippen LogP contribution is 2.33. The molecule has 126 valence electrons. The first-order chi connectivity index (χ1) is 11.5. The Morgan fingerprint density at radius 2 is 2.00 bits per heavy atom. The van der Waals surface area contributed by atoms with Crippen molar-refractivity contribution in [1.29, 1.82) is 0 Å². The summed E-state index contributed by atoms with van der Waals surface area (Å²) in [4.78, 5) is 20.5. The number of hydrogen-bond acceptors (Lipinski definition) is 4. The van der Waals surface area contributed by atoms with E-state index in [1.54, 1.807) is 0 Å². The van der Waals surface area contributed by atoms with Crippen molar-refractivity contribution in [3.63, 3.8) is 0 Å². The molecule has 0 spiro atoms. The van der Waals surface area contributed by atoms with E-state index in [2.05, 4.69) is 52.1 Å². The number of aromatic nitrogens is 2. The zero-order valence-corrected chi connectivity index (χ0v) is 14.0. The normalized spacial score (nSPS) is 25.8. The lowest BCUT2D eigenvalue weighted by molar-refractivity contribution is 0.0940. The Balaban J connectivity index is 1.68. The van der Waals surface area contributed by atoms with Crippen molar-refractivity contribution in [3.8, 4) is 0 Å². The third-order valence-corrected chi connectivity index (χ3v) is 4.89. The Morgan fingerprint density at radius 3 is 2.79 bits per heavy atom. The number of rotatable bonds is 2. The molecule has 1 aromatic heterocycles. The van der Waals surface area contributed by atoms with Gasteiger partial charge in [-0.3, -0.25) is 10.2 Å². The van der Waals surface area contributed by atoms with Crippen LogP contribution in [0.3, 0.4) is 0 Å². The fraction of sp³-hybridized carbons (Fsp3) is 0.444. The largest absolute Gasteiger partial charge is 0.350 e. The lowest BCUT2D eigenvalue weighted by Crippen LogP contribution is -2.32. The second kappa shape index (κ2) is 5.72. The van der Waals surface area contributed by atoms with E-state index in [9.17, 15) is 4.79 Å². The molecule has 2 aromatic rings. The summed E-state index contributed by atoms with van der Waals surface area (Å²) in [7, 11) is 0. The highest BCUT2D eigenvalue weighted by atomic mass is 16.1. The topological polar surface area (TPSA) is 81.8 Å². The first-order valence-electron chi connectivity index (χ1n) is 8.44. The fourth-order valence-corrected chi connectivity index (χ4v) is 3.59. The second-order valence-corrected chi connectivity index (χ2v) is 7.49. The molecule has 6 heteroatoms. The number of benzene rings is 1. The van der Waals surface area contributed by atoms with Crippen LogP contribution in [0.1, 0.15) is 53.4 Å². The molecule has 0 radical (unpaired) electrons. The molecule has 6 nitrogen and oxygen atoms in total. The summed E-state index contributed by atoms with van der Waals surface area (Å²) in [5.74, 6) is 0.961. The number of imidazole rings is 1. The Hall–Kier alpha value is -2.18. The van der Waals surface area contributed by atoms with Crippen LogP contribution >= 0.6 is 0 Å². The zero-order valence-electron chi connectivity index (χ0n) is 14.0. The number of carbonyl (C=O) groups is 1. The molecule has 1 saturated heterocycles. The van der Waals surface area contributed by atoms with Crippen LogP contribution < -0.4 is 16.2 Å². The van der Waals surface area contributed by atoms with Gasteiger partial charge in [-0.25, -0.2) is 10.4 Å². The van der Waals surface area contributed by atoms with E-state index in [-0.39, 0.29) is 23.3 Å². The average Bonchev–Trinajstić information content (AvgIpc) is 3.18. The van der Waals surface area contributed by atoms with Crippen molar-refractivity contribution in [2.45, 2.75) is 32.2 Å². The molecular weight excluding hydrogens is 302 g/mol. The third kappa shape index (κ3) is 2.72. The van der Waals surface area contributed by atoms with Crippen LogP contribution in [0.2, 0.25) is 0 Å². The number of hydrogen-bond donors (Lipinski definition) is 4. The number of nitrogens with one attached hydrogen (secondary N) is 4. The Morgan fingerprint density at radius 1 is 1.21 bits per heavy atom. The van der Waals surface area contributed by atoms with E-state index in [1.807, 2.05) is 18.2 Å². The molecule has 2 aliphatic rings. The van der Waals surface area contributed by atoms with Crippen LogP contribution in [0, 0.1) is 5.41 Å². The van der Waals surface area contributed by atoms with E-state index in [1.165, 1.54) is 5.56 Å². The average molecular weight is 325 g/mol. The molecule has 4 rings (SSSR count). The van der Waals surface area contributed by atoms with Crippen molar-refractivity contribution in [2.24, 2.45) is 5.41 Å². The van der Waals surface area contributed by atoms with Gasteiger partial charge in [0.05, 0.1) is 12.0 Å².